The number of benzene rings is 1. The molecule has 1 aromatic carbocycles. The molecule has 0 unspecified atom stereocenters. The van der Waals surface area contributed by atoms with Crippen LogP contribution >= 0.6 is 0 Å². The number of esters is 1. The van der Waals surface area contributed by atoms with E-state index in [4.69, 9.17) is 18.6 Å². The van der Waals surface area contributed by atoms with Crippen molar-refractivity contribution >= 4 is 20.6 Å². The van der Waals surface area contributed by atoms with Gasteiger partial charge in [0.25, 0.3) is 0 Å². The summed E-state index contributed by atoms with van der Waals surface area (Å²) in [6, 6.07) is 9.90. The number of hydrogen-bond acceptors (Lipinski definition) is 6. The Kier molecular flexibility index (Phi) is 7.39. The minimum Gasteiger partial charge on any atom is -0.466 e. The number of carbonyl (C=O) groups excluding carboxylic acids is 2. The van der Waals surface area contributed by atoms with Crippen LogP contribution in [0.15, 0.2) is 42.5 Å². The summed E-state index contributed by atoms with van der Waals surface area (Å²) in [7, 11) is -0.829. The Hall–Kier alpha value is -1.80. The molecular formula is C26H38O6Si. The molecular weight excluding hydrogens is 436 g/mol. The molecule has 2 aliphatic rings. The molecule has 0 N–H and O–H groups in total. The van der Waals surface area contributed by atoms with Crippen molar-refractivity contribution in [1.82, 2.24) is 0 Å². The van der Waals surface area contributed by atoms with Crippen LogP contribution in [-0.4, -0.2) is 52.1 Å². The molecule has 6 nitrogen and oxygen atoms in total. The Morgan fingerprint density at radius 3 is 2.42 bits per heavy atom. The zero-order valence-electron chi connectivity index (χ0n) is 20.9. The number of aldehydes is 1. The fraction of sp³-hybridized carbons (Fsp3) is 0.615. The molecule has 1 aliphatic carbocycles. The molecule has 1 heterocycles. The molecule has 5 atom stereocenters. The van der Waals surface area contributed by atoms with E-state index in [9.17, 15) is 9.59 Å². The van der Waals surface area contributed by atoms with Gasteiger partial charge in [-0.3, -0.25) is 0 Å². The fourth-order valence-electron chi connectivity index (χ4n) is 4.61. The van der Waals surface area contributed by atoms with Crippen molar-refractivity contribution in [3.05, 3.63) is 48.0 Å². The van der Waals surface area contributed by atoms with Gasteiger partial charge in [0, 0.05) is 17.9 Å². The van der Waals surface area contributed by atoms with Crippen molar-refractivity contribution in [2.75, 3.05) is 13.7 Å². The fourth-order valence-corrected chi connectivity index (χ4v) is 6.03. The summed E-state index contributed by atoms with van der Waals surface area (Å²) >= 11 is 0. The molecule has 0 radical (unpaired) electrons. The summed E-state index contributed by atoms with van der Waals surface area (Å²) in [6.07, 6.45) is 4.21. The zero-order valence-corrected chi connectivity index (χ0v) is 21.9. The highest BCUT2D eigenvalue weighted by atomic mass is 28.4. The third kappa shape index (κ3) is 4.87. The molecule has 1 aromatic rings. The Morgan fingerprint density at radius 2 is 1.91 bits per heavy atom. The Morgan fingerprint density at radius 1 is 1.24 bits per heavy atom. The molecule has 1 aliphatic heterocycles. The van der Waals surface area contributed by atoms with Crippen LogP contribution in [0.1, 0.15) is 39.7 Å². The summed E-state index contributed by atoms with van der Waals surface area (Å²) < 4.78 is 24.1. The van der Waals surface area contributed by atoms with Gasteiger partial charge in [-0.2, -0.15) is 0 Å². The van der Waals surface area contributed by atoms with Crippen molar-refractivity contribution in [3.63, 3.8) is 0 Å². The Bertz CT molecular complexity index is 877. The van der Waals surface area contributed by atoms with Crippen molar-refractivity contribution in [3.8, 4) is 0 Å². The third-order valence-electron chi connectivity index (χ3n) is 7.88. The van der Waals surface area contributed by atoms with Crippen molar-refractivity contribution in [2.24, 2.45) is 11.3 Å². The van der Waals surface area contributed by atoms with Crippen LogP contribution in [-0.2, 0) is 34.8 Å². The first-order chi connectivity index (χ1) is 15.4. The molecule has 0 bridgehead atoms. The van der Waals surface area contributed by atoms with Crippen molar-refractivity contribution in [2.45, 2.75) is 76.7 Å². The van der Waals surface area contributed by atoms with Gasteiger partial charge in [-0.1, -0.05) is 64.1 Å². The first-order valence-electron chi connectivity index (χ1n) is 11.6. The quantitative estimate of drug-likeness (QED) is 0.236. The maximum Gasteiger partial charge on any atom is 0.330 e. The molecule has 1 saturated heterocycles. The van der Waals surface area contributed by atoms with Crippen molar-refractivity contribution in [1.29, 1.82) is 0 Å². The van der Waals surface area contributed by atoms with E-state index in [1.807, 2.05) is 37.3 Å². The van der Waals surface area contributed by atoms with Gasteiger partial charge >= 0.3 is 5.97 Å². The summed E-state index contributed by atoms with van der Waals surface area (Å²) in [5, 5.41) is -0.00450. The van der Waals surface area contributed by atoms with E-state index in [1.54, 1.807) is 6.08 Å². The second kappa shape index (κ2) is 9.45. The average Bonchev–Trinajstić information content (AvgIpc) is 2.75. The smallest absolute Gasteiger partial charge is 0.330 e. The number of methoxy groups -OCH3 is 1. The molecule has 0 spiro atoms. The van der Waals surface area contributed by atoms with Crippen LogP contribution < -0.4 is 0 Å². The highest BCUT2D eigenvalue weighted by molar-refractivity contribution is 6.74. The maximum atomic E-state index is 12.7. The summed E-state index contributed by atoms with van der Waals surface area (Å²) in [4.78, 5) is 24.7. The molecule has 0 aromatic heterocycles. The molecule has 0 amide bonds. The largest absolute Gasteiger partial charge is 0.466 e. The average molecular weight is 475 g/mol. The van der Waals surface area contributed by atoms with Gasteiger partial charge in [-0.15, -0.1) is 0 Å². The standard InChI is InChI=1S/C26H38O6Si/c1-24(2,3)33(6,7)32-21-15-22-26(18-30-22,31-17-19-11-9-8-10-12-19)20(16-27)25(21,4)14-13-23(28)29-5/h8-14,16,20-22H,15,17-18H2,1-7H3/b14-13-/t20-,21-,22+,25-,26+/m0/s1. The maximum absolute atomic E-state index is 12.7. The molecule has 7 heteroatoms. The predicted octanol–water partition coefficient (Wildman–Crippen LogP) is 4.69. The lowest BCUT2D eigenvalue weighted by molar-refractivity contribution is -0.322. The summed E-state index contributed by atoms with van der Waals surface area (Å²) in [5.41, 5.74) is -0.490. The van der Waals surface area contributed by atoms with Crippen LogP contribution in [0, 0.1) is 11.3 Å². The summed E-state index contributed by atoms with van der Waals surface area (Å²) in [6.45, 7) is 13.7. The van der Waals surface area contributed by atoms with Gasteiger partial charge in [0.15, 0.2) is 8.32 Å². The van der Waals surface area contributed by atoms with E-state index in [-0.39, 0.29) is 17.2 Å². The monoisotopic (exact) mass is 474 g/mol. The normalized spacial score (nSPS) is 32.2. The SMILES string of the molecule is COC(=O)/C=C\[C@]1(C)[C@@H](O[Si](C)(C)C(C)(C)C)C[C@H]2OC[C@@]2(OCc2ccccc2)[C@H]1C=O. The lowest BCUT2D eigenvalue weighted by Crippen LogP contribution is -2.74. The van der Waals surface area contributed by atoms with E-state index in [0.717, 1.165) is 11.8 Å². The lowest BCUT2D eigenvalue weighted by Gasteiger charge is -2.62. The number of carbonyl (C=O) groups is 2. The molecule has 3 rings (SSSR count). The minimum atomic E-state index is -2.17. The molecule has 182 valence electrons. The zero-order chi connectivity index (χ0) is 24.5. The van der Waals surface area contributed by atoms with E-state index in [0.29, 0.717) is 19.6 Å². The Labute approximate surface area is 198 Å². The summed E-state index contributed by atoms with van der Waals surface area (Å²) in [5.74, 6) is -1.00. The van der Waals surface area contributed by atoms with Crippen molar-refractivity contribution < 1.29 is 28.2 Å². The number of rotatable bonds is 8. The van der Waals surface area contributed by atoms with Gasteiger partial charge in [0.1, 0.15) is 11.9 Å². The molecule has 33 heavy (non-hydrogen) atoms. The number of fused-ring (bicyclic) bond motifs is 1. The van der Waals surface area contributed by atoms with Gasteiger partial charge in [-0.05, 0) is 23.7 Å². The second-order valence-corrected chi connectivity index (χ2v) is 15.7. The van der Waals surface area contributed by atoms with Gasteiger partial charge < -0.3 is 23.4 Å². The van der Waals surface area contributed by atoms with Crippen LogP contribution in [0.2, 0.25) is 18.1 Å². The van der Waals surface area contributed by atoms with Crippen LogP contribution in [0.5, 0.6) is 0 Å². The van der Waals surface area contributed by atoms with Gasteiger partial charge in [0.05, 0.1) is 38.4 Å². The topological polar surface area (TPSA) is 71.1 Å². The first kappa shape index (κ1) is 25.8. The molecule has 1 saturated carbocycles. The van der Waals surface area contributed by atoms with Gasteiger partial charge in [0.2, 0.25) is 0 Å². The number of ether oxygens (including phenoxy) is 3. The van der Waals surface area contributed by atoms with E-state index < -0.39 is 31.2 Å². The van der Waals surface area contributed by atoms with E-state index in [2.05, 4.69) is 33.9 Å². The molecule has 2 fully saturated rings. The lowest BCUT2D eigenvalue weighted by atomic mass is 9.56. The van der Waals surface area contributed by atoms with E-state index in [1.165, 1.54) is 13.2 Å². The van der Waals surface area contributed by atoms with Crippen LogP contribution in [0.25, 0.3) is 0 Å². The minimum absolute atomic E-state index is 0.00450. The second-order valence-electron chi connectivity index (χ2n) is 11.0. The highest BCUT2D eigenvalue weighted by Crippen LogP contribution is 2.56. The Balaban J connectivity index is 1.98. The number of hydrogen-bond donors (Lipinski definition) is 0. The van der Waals surface area contributed by atoms with Crippen LogP contribution in [0.3, 0.4) is 0 Å². The third-order valence-corrected chi connectivity index (χ3v) is 12.4. The van der Waals surface area contributed by atoms with Gasteiger partial charge in [-0.25, -0.2) is 4.79 Å². The van der Waals surface area contributed by atoms with Crippen LogP contribution in [0.4, 0.5) is 0 Å². The van der Waals surface area contributed by atoms with E-state index >= 15 is 0 Å². The predicted molar refractivity (Wildman–Crippen MR) is 129 cm³/mol. The highest BCUT2D eigenvalue weighted by Gasteiger charge is 2.66. The first-order valence-corrected chi connectivity index (χ1v) is 14.5.